The highest BCUT2D eigenvalue weighted by Gasteiger charge is 2.24. The summed E-state index contributed by atoms with van der Waals surface area (Å²) in [6.45, 7) is 2.91. The number of aromatic nitrogens is 3. The first-order valence-corrected chi connectivity index (χ1v) is 9.79. The molecule has 1 fully saturated rings. The van der Waals surface area contributed by atoms with Crippen molar-refractivity contribution >= 4 is 40.9 Å². The molecule has 1 amide bonds. The maximum Gasteiger partial charge on any atom is 0.233 e. The van der Waals surface area contributed by atoms with E-state index in [1.165, 1.54) is 22.9 Å². The fourth-order valence-electron chi connectivity index (χ4n) is 2.91. The first-order valence-electron chi connectivity index (χ1n) is 8.05. The summed E-state index contributed by atoms with van der Waals surface area (Å²) < 4.78 is 1.34. The van der Waals surface area contributed by atoms with E-state index in [1.807, 2.05) is 4.90 Å². The Balaban J connectivity index is 1.71. The van der Waals surface area contributed by atoms with Crippen LogP contribution in [0.4, 0.5) is 0 Å². The lowest BCUT2D eigenvalue weighted by Crippen LogP contribution is -2.43. The molecule has 1 aromatic heterocycles. The lowest BCUT2D eigenvalue weighted by molar-refractivity contribution is -0.131. The first-order chi connectivity index (χ1) is 12.0. The number of nitrogen functional groups attached to an aromatic ring is 1. The van der Waals surface area contributed by atoms with Crippen LogP contribution < -0.4 is 5.84 Å². The predicted octanol–water partition coefficient (Wildman–Crippen LogP) is 3.46. The van der Waals surface area contributed by atoms with Crippen molar-refractivity contribution in [3.05, 3.63) is 28.2 Å². The number of carbonyl (C=O) groups is 1. The number of rotatable bonds is 4. The van der Waals surface area contributed by atoms with E-state index in [0.29, 0.717) is 32.6 Å². The van der Waals surface area contributed by atoms with Gasteiger partial charge in [0.2, 0.25) is 11.1 Å². The number of nitrogens with zero attached hydrogens (tertiary/aromatic N) is 4. The minimum atomic E-state index is 0.0996. The van der Waals surface area contributed by atoms with Gasteiger partial charge in [0.25, 0.3) is 0 Å². The first kappa shape index (κ1) is 18.4. The van der Waals surface area contributed by atoms with Gasteiger partial charge in [0.1, 0.15) is 0 Å². The van der Waals surface area contributed by atoms with Crippen LogP contribution in [-0.4, -0.2) is 44.0 Å². The van der Waals surface area contributed by atoms with Crippen molar-refractivity contribution in [2.75, 3.05) is 18.1 Å². The molecule has 2 aromatic rings. The van der Waals surface area contributed by atoms with Crippen LogP contribution in [0.1, 0.15) is 26.2 Å². The molecule has 1 saturated heterocycles. The van der Waals surface area contributed by atoms with Crippen molar-refractivity contribution < 1.29 is 4.79 Å². The third-order valence-electron chi connectivity index (χ3n) is 4.28. The van der Waals surface area contributed by atoms with Gasteiger partial charge in [-0.1, -0.05) is 35.0 Å². The smallest absolute Gasteiger partial charge is 0.233 e. The van der Waals surface area contributed by atoms with Crippen LogP contribution in [0.5, 0.6) is 0 Å². The van der Waals surface area contributed by atoms with E-state index in [0.717, 1.165) is 19.4 Å². The van der Waals surface area contributed by atoms with E-state index in [2.05, 4.69) is 17.1 Å². The minimum absolute atomic E-state index is 0.0996. The third-order valence-corrected chi connectivity index (χ3v) is 5.77. The molecule has 134 valence electrons. The number of benzene rings is 1. The van der Waals surface area contributed by atoms with Gasteiger partial charge < -0.3 is 10.7 Å². The summed E-state index contributed by atoms with van der Waals surface area (Å²) in [6.07, 6.45) is 3.30. The summed E-state index contributed by atoms with van der Waals surface area (Å²) in [7, 11) is 0. The standard InChI is InChI=1S/C16H19Cl2N5OS/c1-10-4-2-3-7-22(10)14(24)9-25-16-21-20-15(23(16)19)12-8-11(17)5-6-13(12)18/h5-6,8,10H,2-4,7,9,19H2,1H3/t10-/m0/s1. The van der Waals surface area contributed by atoms with Gasteiger partial charge in [-0.25, -0.2) is 4.68 Å². The van der Waals surface area contributed by atoms with Crippen molar-refractivity contribution in [3.63, 3.8) is 0 Å². The van der Waals surface area contributed by atoms with Crippen molar-refractivity contribution in [2.24, 2.45) is 0 Å². The lowest BCUT2D eigenvalue weighted by atomic mass is 10.0. The predicted molar refractivity (Wildman–Crippen MR) is 101 cm³/mol. The number of piperidine rings is 1. The summed E-state index contributed by atoms with van der Waals surface area (Å²) in [6, 6.07) is 5.35. The number of amides is 1. The van der Waals surface area contributed by atoms with Crippen LogP contribution in [0.25, 0.3) is 11.4 Å². The number of carbonyl (C=O) groups excluding carboxylic acids is 1. The zero-order chi connectivity index (χ0) is 18.0. The maximum atomic E-state index is 12.4. The Labute approximate surface area is 160 Å². The fraction of sp³-hybridized carbons (Fsp3) is 0.438. The molecule has 0 unspecified atom stereocenters. The molecule has 6 nitrogen and oxygen atoms in total. The fourth-order valence-corrected chi connectivity index (χ4v) is 4.02. The number of nitrogens with two attached hydrogens (primary N) is 1. The number of thioether (sulfide) groups is 1. The molecule has 1 aliphatic rings. The molecule has 3 rings (SSSR count). The quantitative estimate of drug-likeness (QED) is 0.628. The average Bonchev–Trinajstić information content (AvgIpc) is 2.96. The van der Waals surface area contributed by atoms with Gasteiger partial charge in [-0.15, -0.1) is 10.2 Å². The summed E-state index contributed by atoms with van der Waals surface area (Å²) in [5.41, 5.74) is 0.604. The zero-order valence-corrected chi connectivity index (χ0v) is 16.1. The highest BCUT2D eigenvalue weighted by Crippen LogP contribution is 2.30. The number of hydrogen-bond donors (Lipinski definition) is 1. The van der Waals surface area contributed by atoms with Gasteiger partial charge in [0.15, 0.2) is 5.82 Å². The lowest BCUT2D eigenvalue weighted by Gasteiger charge is -2.33. The van der Waals surface area contributed by atoms with Crippen LogP contribution in [0.15, 0.2) is 23.4 Å². The van der Waals surface area contributed by atoms with E-state index < -0.39 is 0 Å². The molecule has 0 aliphatic carbocycles. The third kappa shape index (κ3) is 4.04. The average molecular weight is 400 g/mol. The molecular weight excluding hydrogens is 381 g/mol. The zero-order valence-electron chi connectivity index (χ0n) is 13.8. The molecular formula is C16H19Cl2N5OS. The molecule has 0 bridgehead atoms. The molecule has 2 N–H and O–H groups in total. The topological polar surface area (TPSA) is 77.0 Å². The minimum Gasteiger partial charge on any atom is -0.339 e. The van der Waals surface area contributed by atoms with E-state index in [4.69, 9.17) is 29.0 Å². The Kier molecular flexibility index (Phi) is 5.76. The molecule has 0 saturated carbocycles. The van der Waals surface area contributed by atoms with Crippen LogP contribution in [-0.2, 0) is 4.79 Å². The normalized spacial score (nSPS) is 17.7. The van der Waals surface area contributed by atoms with Gasteiger partial charge in [-0.2, -0.15) is 0 Å². The second-order valence-corrected chi connectivity index (χ2v) is 7.81. The van der Waals surface area contributed by atoms with Crippen molar-refractivity contribution in [1.82, 2.24) is 19.8 Å². The molecule has 1 atom stereocenters. The molecule has 0 radical (unpaired) electrons. The highest BCUT2D eigenvalue weighted by molar-refractivity contribution is 7.99. The van der Waals surface area contributed by atoms with E-state index >= 15 is 0 Å². The Morgan fingerprint density at radius 2 is 2.16 bits per heavy atom. The Morgan fingerprint density at radius 1 is 1.36 bits per heavy atom. The molecule has 1 aromatic carbocycles. The van der Waals surface area contributed by atoms with Crippen molar-refractivity contribution in [1.29, 1.82) is 0 Å². The van der Waals surface area contributed by atoms with Gasteiger partial charge >= 0.3 is 0 Å². The van der Waals surface area contributed by atoms with Crippen LogP contribution in [0.2, 0.25) is 10.0 Å². The molecule has 0 spiro atoms. The summed E-state index contributed by atoms with van der Waals surface area (Å²) in [5.74, 6) is 6.88. The van der Waals surface area contributed by atoms with Gasteiger partial charge in [-0.3, -0.25) is 4.79 Å². The summed E-state index contributed by atoms with van der Waals surface area (Å²) in [5, 5.41) is 9.65. The van der Waals surface area contributed by atoms with E-state index in [9.17, 15) is 4.79 Å². The van der Waals surface area contributed by atoms with Crippen molar-refractivity contribution in [3.8, 4) is 11.4 Å². The molecule has 1 aliphatic heterocycles. The Hall–Kier alpha value is -1.44. The van der Waals surface area contributed by atoms with Crippen LogP contribution in [0, 0.1) is 0 Å². The number of likely N-dealkylation sites (tertiary alicyclic amines) is 1. The molecule has 25 heavy (non-hydrogen) atoms. The van der Waals surface area contributed by atoms with Gasteiger partial charge in [-0.05, 0) is 44.4 Å². The van der Waals surface area contributed by atoms with Gasteiger partial charge in [0.05, 0.1) is 10.8 Å². The second kappa shape index (κ2) is 7.85. The summed E-state index contributed by atoms with van der Waals surface area (Å²) >= 11 is 13.5. The van der Waals surface area contributed by atoms with Gasteiger partial charge in [0, 0.05) is 23.2 Å². The summed E-state index contributed by atoms with van der Waals surface area (Å²) in [4.78, 5) is 14.4. The number of hydrogen-bond acceptors (Lipinski definition) is 5. The molecule has 9 heteroatoms. The van der Waals surface area contributed by atoms with E-state index in [-0.39, 0.29) is 11.7 Å². The van der Waals surface area contributed by atoms with E-state index in [1.54, 1.807) is 18.2 Å². The van der Waals surface area contributed by atoms with Crippen molar-refractivity contribution in [2.45, 2.75) is 37.4 Å². The highest BCUT2D eigenvalue weighted by atomic mass is 35.5. The maximum absolute atomic E-state index is 12.4. The molecule has 2 heterocycles. The van der Waals surface area contributed by atoms with Crippen LogP contribution in [0.3, 0.4) is 0 Å². The second-order valence-electron chi connectivity index (χ2n) is 6.02. The Morgan fingerprint density at radius 3 is 2.92 bits per heavy atom. The SMILES string of the molecule is C[C@H]1CCCCN1C(=O)CSc1nnc(-c2cc(Cl)ccc2Cl)n1N. The number of halogens is 2. The largest absolute Gasteiger partial charge is 0.339 e. The monoisotopic (exact) mass is 399 g/mol. The Bertz CT molecular complexity index is 782. The van der Waals surface area contributed by atoms with Crippen LogP contribution >= 0.6 is 35.0 Å².